The molecule has 0 aliphatic carbocycles. The van der Waals surface area contributed by atoms with Gasteiger partial charge in [-0.3, -0.25) is 4.79 Å². The molecule has 0 spiro atoms. The van der Waals surface area contributed by atoms with Gasteiger partial charge in [0, 0.05) is 6.42 Å². The van der Waals surface area contributed by atoms with Gasteiger partial charge in [0.15, 0.2) is 0 Å². The van der Waals surface area contributed by atoms with Crippen molar-refractivity contribution in [3.05, 3.63) is 0 Å². The maximum absolute atomic E-state index is 11.4. The van der Waals surface area contributed by atoms with E-state index < -0.39 is 10.7 Å². The van der Waals surface area contributed by atoms with Crippen LogP contribution in [0.1, 0.15) is 97.8 Å². The molecule has 0 aromatic carbocycles. The number of rotatable bonds is 15. The maximum Gasteiger partial charge on any atom is 0.319 e. The molecule has 0 saturated carbocycles. The van der Waals surface area contributed by atoms with Crippen LogP contribution >= 0.6 is 11.8 Å². The van der Waals surface area contributed by atoms with Crippen LogP contribution in [0.15, 0.2) is 0 Å². The summed E-state index contributed by atoms with van der Waals surface area (Å²) in [6.07, 6.45) is 14.1. The minimum atomic E-state index is -0.641. The van der Waals surface area contributed by atoms with Crippen molar-refractivity contribution < 1.29 is 9.90 Å². The Labute approximate surface area is 148 Å². The van der Waals surface area contributed by atoms with Crippen LogP contribution in [-0.4, -0.2) is 21.6 Å². The van der Waals surface area contributed by atoms with Gasteiger partial charge in [0.05, 0.1) is 0 Å². The first kappa shape index (κ1) is 22.4. The van der Waals surface area contributed by atoms with Crippen LogP contribution in [0.3, 0.4) is 0 Å². The quantitative estimate of drug-likeness (QED) is 0.281. The highest BCUT2D eigenvalue weighted by molar-refractivity contribution is 8.01. The van der Waals surface area contributed by atoms with Crippen LogP contribution in [0.5, 0.6) is 0 Å². The van der Waals surface area contributed by atoms with Crippen molar-refractivity contribution >= 4 is 17.7 Å². The zero-order valence-corrected chi connectivity index (χ0v) is 16.3. The van der Waals surface area contributed by atoms with E-state index in [1.165, 1.54) is 51.4 Å². The SMILES string of the molecule is CC#CCCCCCCCCCCCSC(CC)(CC)C(=O)O. The topological polar surface area (TPSA) is 37.3 Å². The number of unbranched alkanes of at least 4 members (excludes halogenated alkanes) is 9. The van der Waals surface area contributed by atoms with Gasteiger partial charge in [-0.1, -0.05) is 58.8 Å². The second-order valence-corrected chi connectivity index (χ2v) is 7.69. The fourth-order valence-corrected chi connectivity index (χ4v) is 4.03. The van der Waals surface area contributed by atoms with Gasteiger partial charge >= 0.3 is 5.97 Å². The van der Waals surface area contributed by atoms with Crippen molar-refractivity contribution in [3.8, 4) is 11.8 Å². The molecule has 0 radical (unpaired) electrons. The van der Waals surface area contributed by atoms with E-state index in [-0.39, 0.29) is 0 Å². The number of aliphatic carboxylic acids is 1. The predicted octanol–water partition coefficient (Wildman–Crippen LogP) is 6.29. The van der Waals surface area contributed by atoms with Crippen LogP contribution in [0.4, 0.5) is 0 Å². The zero-order valence-electron chi connectivity index (χ0n) is 15.5. The molecule has 1 N–H and O–H groups in total. The van der Waals surface area contributed by atoms with Gasteiger partial charge in [-0.2, -0.15) is 0 Å². The summed E-state index contributed by atoms with van der Waals surface area (Å²) in [7, 11) is 0. The van der Waals surface area contributed by atoms with Crippen molar-refractivity contribution in [3.63, 3.8) is 0 Å². The van der Waals surface area contributed by atoms with E-state index in [0.717, 1.165) is 18.6 Å². The van der Waals surface area contributed by atoms with Crippen LogP contribution in [0, 0.1) is 11.8 Å². The largest absolute Gasteiger partial charge is 0.480 e. The first-order valence-electron chi connectivity index (χ1n) is 9.40. The van der Waals surface area contributed by atoms with Gasteiger partial charge in [0.1, 0.15) is 4.75 Å². The van der Waals surface area contributed by atoms with E-state index >= 15 is 0 Å². The molecule has 0 fully saturated rings. The van der Waals surface area contributed by atoms with Crippen molar-refractivity contribution in [2.75, 3.05) is 5.75 Å². The fraction of sp³-hybridized carbons (Fsp3) is 0.850. The molecule has 0 aliphatic heterocycles. The molecule has 0 rings (SSSR count). The van der Waals surface area contributed by atoms with Crippen LogP contribution < -0.4 is 0 Å². The van der Waals surface area contributed by atoms with Crippen molar-refractivity contribution in [1.82, 2.24) is 0 Å². The molecule has 0 aromatic rings. The smallest absolute Gasteiger partial charge is 0.319 e. The van der Waals surface area contributed by atoms with Gasteiger partial charge < -0.3 is 5.11 Å². The number of carboxylic acid groups (broad SMARTS) is 1. The monoisotopic (exact) mass is 340 g/mol. The number of thioether (sulfide) groups is 1. The number of carbonyl (C=O) groups is 1. The normalized spacial score (nSPS) is 11.1. The second kappa shape index (κ2) is 14.9. The molecule has 0 amide bonds. The molecule has 2 nitrogen and oxygen atoms in total. The molecule has 134 valence electrons. The number of hydrogen-bond donors (Lipinski definition) is 1. The molecule has 0 aromatic heterocycles. The molecule has 0 heterocycles. The van der Waals surface area contributed by atoms with Gasteiger partial charge in [-0.25, -0.2) is 0 Å². The van der Waals surface area contributed by atoms with Crippen molar-refractivity contribution in [1.29, 1.82) is 0 Å². The molecule has 23 heavy (non-hydrogen) atoms. The lowest BCUT2D eigenvalue weighted by Gasteiger charge is -2.25. The predicted molar refractivity (Wildman–Crippen MR) is 103 cm³/mol. The molecular formula is C20H36O2S. The van der Waals surface area contributed by atoms with Gasteiger partial charge in [0.2, 0.25) is 0 Å². The number of hydrogen-bond acceptors (Lipinski definition) is 2. The fourth-order valence-electron chi connectivity index (χ4n) is 2.76. The zero-order chi connectivity index (χ0) is 17.4. The summed E-state index contributed by atoms with van der Waals surface area (Å²) < 4.78 is -0.553. The molecule has 0 bridgehead atoms. The maximum atomic E-state index is 11.4. The minimum absolute atomic E-state index is 0.553. The molecule has 0 aliphatic rings. The lowest BCUT2D eigenvalue weighted by Crippen LogP contribution is -2.33. The van der Waals surface area contributed by atoms with Gasteiger partial charge in [0.25, 0.3) is 0 Å². The number of carboxylic acids is 1. The van der Waals surface area contributed by atoms with E-state index in [2.05, 4.69) is 11.8 Å². The van der Waals surface area contributed by atoms with Gasteiger partial charge in [-0.05, 0) is 38.4 Å². The first-order valence-corrected chi connectivity index (χ1v) is 10.4. The molecule has 0 atom stereocenters. The highest BCUT2D eigenvalue weighted by atomic mass is 32.2. The average Bonchev–Trinajstić information content (AvgIpc) is 2.55. The summed E-state index contributed by atoms with van der Waals surface area (Å²) in [5, 5.41) is 9.39. The third-order valence-electron chi connectivity index (χ3n) is 4.53. The second-order valence-electron chi connectivity index (χ2n) is 6.21. The van der Waals surface area contributed by atoms with E-state index in [9.17, 15) is 9.90 Å². The minimum Gasteiger partial charge on any atom is -0.480 e. The summed E-state index contributed by atoms with van der Waals surface area (Å²) in [5.74, 6) is 6.40. The lowest BCUT2D eigenvalue weighted by molar-refractivity contribution is -0.140. The summed E-state index contributed by atoms with van der Waals surface area (Å²) in [4.78, 5) is 11.4. The Bertz CT molecular complexity index is 350. The Morgan fingerprint density at radius 2 is 1.39 bits per heavy atom. The molecule has 0 saturated heterocycles. The average molecular weight is 341 g/mol. The summed E-state index contributed by atoms with van der Waals surface area (Å²) >= 11 is 1.65. The summed E-state index contributed by atoms with van der Waals surface area (Å²) in [5.41, 5.74) is 0. The van der Waals surface area contributed by atoms with Crippen molar-refractivity contribution in [2.24, 2.45) is 0 Å². The summed E-state index contributed by atoms with van der Waals surface area (Å²) in [6.45, 7) is 5.88. The Hall–Kier alpha value is -0.620. The molecule has 3 heteroatoms. The van der Waals surface area contributed by atoms with Crippen molar-refractivity contribution in [2.45, 2.75) is 103 Å². The third kappa shape index (κ3) is 10.7. The lowest BCUT2D eigenvalue weighted by atomic mass is 10.0. The third-order valence-corrected chi connectivity index (χ3v) is 6.33. The molecule has 0 unspecified atom stereocenters. The Balaban J connectivity index is 3.45. The summed E-state index contributed by atoms with van der Waals surface area (Å²) in [6, 6.07) is 0. The van der Waals surface area contributed by atoms with E-state index in [0.29, 0.717) is 12.8 Å². The Kier molecular flexibility index (Phi) is 14.5. The molecular weight excluding hydrogens is 304 g/mol. The first-order chi connectivity index (χ1) is 11.1. The van der Waals surface area contributed by atoms with E-state index in [4.69, 9.17) is 0 Å². The van der Waals surface area contributed by atoms with Crippen LogP contribution in [0.25, 0.3) is 0 Å². The Morgan fingerprint density at radius 1 is 0.913 bits per heavy atom. The van der Waals surface area contributed by atoms with Crippen LogP contribution in [0.2, 0.25) is 0 Å². The highest BCUT2D eigenvalue weighted by Gasteiger charge is 2.34. The highest BCUT2D eigenvalue weighted by Crippen LogP contribution is 2.33. The Morgan fingerprint density at radius 3 is 1.83 bits per heavy atom. The standard InChI is InChI=1S/C20H36O2S/c1-4-7-8-9-10-11-12-13-14-15-16-17-18-23-20(5-2,6-3)19(21)22/h5-6,8-18H2,1-3H3,(H,21,22). The van der Waals surface area contributed by atoms with Crippen LogP contribution in [-0.2, 0) is 4.79 Å². The van der Waals surface area contributed by atoms with E-state index in [1.807, 2.05) is 20.8 Å². The van der Waals surface area contributed by atoms with Gasteiger partial charge in [-0.15, -0.1) is 23.6 Å². The van der Waals surface area contributed by atoms with E-state index in [1.54, 1.807) is 11.8 Å².